The number of rotatable bonds is 4. The van der Waals surface area contributed by atoms with Gasteiger partial charge in [-0.25, -0.2) is 4.39 Å². The van der Waals surface area contributed by atoms with E-state index in [4.69, 9.17) is 4.74 Å². The Morgan fingerprint density at radius 2 is 2.30 bits per heavy atom. The highest BCUT2D eigenvalue weighted by Gasteiger charge is 2.25. The number of hydrogen-bond acceptors (Lipinski definition) is 4. The van der Waals surface area contributed by atoms with Crippen LogP contribution in [0.1, 0.15) is 17.2 Å². The van der Waals surface area contributed by atoms with Crippen LogP contribution < -0.4 is 5.32 Å². The van der Waals surface area contributed by atoms with Gasteiger partial charge in [0.25, 0.3) is 0 Å². The predicted molar refractivity (Wildman–Crippen MR) is 117 cm³/mol. The molecule has 2 heterocycles. The van der Waals surface area contributed by atoms with Crippen molar-refractivity contribution in [2.75, 3.05) is 33.0 Å². The van der Waals surface area contributed by atoms with Crippen LogP contribution in [-0.4, -0.2) is 53.6 Å². The van der Waals surface area contributed by atoms with Crippen molar-refractivity contribution in [1.29, 1.82) is 0 Å². The van der Waals surface area contributed by atoms with Crippen LogP contribution in [0.3, 0.4) is 0 Å². The largest absolute Gasteiger partial charge is 0.370 e. The zero-order valence-electron chi connectivity index (χ0n) is 15.7. The van der Waals surface area contributed by atoms with Gasteiger partial charge in [0.2, 0.25) is 0 Å². The molecular formula is C18H25FIN5OS. The van der Waals surface area contributed by atoms with E-state index in [1.54, 1.807) is 29.6 Å². The number of ether oxygens (including phenoxy) is 1. The minimum atomic E-state index is -0.224. The van der Waals surface area contributed by atoms with Crippen LogP contribution >= 0.6 is 35.7 Å². The normalized spacial score (nSPS) is 17.6. The number of guanidine groups is 1. The summed E-state index contributed by atoms with van der Waals surface area (Å²) in [5.74, 6) is 0.566. The zero-order chi connectivity index (χ0) is 18.5. The third-order valence-corrected chi connectivity index (χ3v) is 5.19. The van der Waals surface area contributed by atoms with Crippen LogP contribution in [0.2, 0.25) is 0 Å². The first-order valence-electron chi connectivity index (χ1n) is 8.49. The molecule has 2 aromatic rings. The van der Waals surface area contributed by atoms with E-state index in [-0.39, 0.29) is 35.9 Å². The molecular weight excluding hydrogens is 480 g/mol. The minimum absolute atomic E-state index is 0. The quantitative estimate of drug-likeness (QED) is 0.300. The minimum Gasteiger partial charge on any atom is -0.370 e. The lowest BCUT2D eigenvalue weighted by Gasteiger charge is -2.34. The second-order valence-electron chi connectivity index (χ2n) is 6.11. The van der Waals surface area contributed by atoms with Crippen molar-refractivity contribution in [3.05, 3.63) is 47.5 Å². The molecule has 1 aliphatic heterocycles. The van der Waals surface area contributed by atoms with E-state index in [9.17, 15) is 4.39 Å². The molecule has 1 aliphatic rings. The molecule has 6 nitrogen and oxygen atoms in total. The second kappa shape index (κ2) is 10.3. The molecule has 1 fully saturated rings. The molecule has 9 heteroatoms. The Balaban J connectivity index is 0.00000261. The first-order chi connectivity index (χ1) is 12.6. The van der Waals surface area contributed by atoms with E-state index in [0.717, 1.165) is 28.5 Å². The Kier molecular flexibility index (Phi) is 8.36. The summed E-state index contributed by atoms with van der Waals surface area (Å²) >= 11 is 1.61. The fraction of sp³-hybridized carbons (Fsp3) is 0.444. The van der Waals surface area contributed by atoms with E-state index in [0.29, 0.717) is 19.7 Å². The number of nitrogens with one attached hydrogen (secondary N) is 1. The van der Waals surface area contributed by atoms with Gasteiger partial charge < -0.3 is 15.0 Å². The lowest BCUT2D eigenvalue weighted by molar-refractivity contribution is -0.00805. The van der Waals surface area contributed by atoms with Crippen molar-refractivity contribution in [2.45, 2.75) is 17.5 Å². The van der Waals surface area contributed by atoms with E-state index < -0.39 is 0 Å². The van der Waals surface area contributed by atoms with Crippen molar-refractivity contribution < 1.29 is 9.13 Å². The molecule has 0 aliphatic carbocycles. The fourth-order valence-corrected chi connectivity index (χ4v) is 3.64. The monoisotopic (exact) mass is 505 g/mol. The van der Waals surface area contributed by atoms with Crippen LogP contribution in [-0.2, 0) is 18.3 Å². The van der Waals surface area contributed by atoms with Crippen LogP contribution in [0, 0.1) is 5.82 Å². The fourth-order valence-electron chi connectivity index (χ4n) is 3.04. The lowest BCUT2D eigenvalue weighted by Crippen LogP contribution is -2.47. The molecule has 1 N–H and O–H groups in total. The summed E-state index contributed by atoms with van der Waals surface area (Å²) in [5.41, 5.74) is 1.98. The summed E-state index contributed by atoms with van der Waals surface area (Å²) in [5, 5.41) is 7.57. The Morgan fingerprint density at radius 1 is 1.48 bits per heavy atom. The van der Waals surface area contributed by atoms with Gasteiger partial charge in [-0.15, -0.1) is 35.7 Å². The topological polar surface area (TPSA) is 54.7 Å². The summed E-state index contributed by atoms with van der Waals surface area (Å²) in [6.45, 7) is 2.60. The van der Waals surface area contributed by atoms with Gasteiger partial charge in [-0.2, -0.15) is 5.10 Å². The molecule has 0 radical (unpaired) electrons. The Hall–Kier alpha value is -1.33. The van der Waals surface area contributed by atoms with Crippen molar-refractivity contribution in [3.63, 3.8) is 0 Å². The first kappa shape index (κ1) is 22.0. The number of benzene rings is 1. The molecule has 0 saturated carbocycles. The highest BCUT2D eigenvalue weighted by atomic mass is 127. The van der Waals surface area contributed by atoms with E-state index in [2.05, 4.69) is 20.3 Å². The highest BCUT2D eigenvalue weighted by Crippen LogP contribution is 2.23. The Bertz CT molecular complexity index is 785. The second-order valence-corrected chi connectivity index (χ2v) is 6.96. The van der Waals surface area contributed by atoms with Crippen LogP contribution in [0.25, 0.3) is 0 Å². The number of nitrogens with zero attached hydrogens (tertiary/aromatic N) is 4. The molecule has 1 unspecified atom stereocenters. The number of aromatic nitrogens is 2. The third kappa shape index (κ3) is 5.58. The molecule has 1 atom stereocenters. The summed E-state index contributed by atoms with van der Waals surface area (Å²) in [6, 6.07) is 4.88. The molecule has 1 saturated heterocycles. The summed E-state index contributed by atoms with van der Waals surface area (Å²) in [7, 11) is 3.66. The molecule has 148 valence electrons. The maximum atomic E-state index is 13.6. The molecule has 0 amide bonds. The first-order valence-corrected chi connectivity index (χ1v) is 9.71. The van der Waals surface area contributed by atoms with Crippen LogP contribution in [0.15, 0.2) is 40.5 Å². The molecule has 3 rings (SSSR count). The van der Waals surface area contributed by atoms with E-state index in [1.807, 2.05) is 31.8 Å². The smallest absolute Gasteiger partial charge is 0.194 e. The van der Waals surface area contributed by atoms with Gasteiger partial charge in [0.05, 0.1) is 19.3 Å². The van der Waals surface area contributed by atoms with Gasteiger partial charge in [0, 0.05) is 43.8 Å². The Labute approximate surface area is 180 Å². The van der Waals surface area contributed by atoms with E-state index >= 15 is 0 Å². The average Bonchev–Trinajstić information content (AvgIpc) is 3.09. The Morgan fingerprint density at radius 3 is 2.96 bits per heavy atom. The summed E-state index contributed by atoms with van der Waals surface area (Å²) in [6.07, 6.45) is 5.77. The summed E-state index contributed by atoms with van der Waals surface area (Å²) in [4.78, 5) is 7.62. The molecule has 1 aromatic carbocycles. The van der Waals surface area contributed by atoms with E-state index in [1.165, 1.54) is 6.07 Å². The number of morpholine rings is 1. The number of halogens is 2. The SMILES string of the molecule is CN=C(NCc1cc(F)ccc1SC)N1CCOC(c2cnn(C)c2)C1.I. The number of hydrogen-bond donors (Lipinski definition) is 1. The standard InChI is InChI=1S/C18H24FN5OS.HI/c1-20-18(21-9-13-8-15(19)4-5-17(13)26-3)24-6-7-25-16(12-24)14-10-22-23(2)11-14;/h4-5,8,10-11,16H,6-7,9,12H2,1-3H3,(H,20,21);1H. The maximum Gasteiger partial charge on any atom is 0.194 e. The average molecular weight is 505 g/mol. The molecule has 0 bridgehead atoms. The van der Waals surface area contributed by atoms with Crippen molar-refractivity contribution in [3.8, 4) is 0 Å². The predicted octanol–water partition coefficient (Wildman–Crippen LogP) is 3.05. The van der Waals surface area contributed by atoms with Crippen LogP contribution in [0.5, 0.6) is 0 Å². The lowest BCUT2D eigenvalue weighted by atomic mass is 10.1. The highest BCUT2D eigenvalue weighted by molar-refractivity contribution is 14.0. The van der Waals surface area contributed by atoms with Crippen LogP contribution in [0.4, 0.5) is 4.39 Å². The molecule has 1 aromatic heterocycles. The van der Waals surface area contributed by atoms with Gasteiger partial charge in [-0.05, 0) is 30.0 Å². The van der Waals surface area contributed by atoms with Gasteiger partial charge in [-0.1, -0.05) is 0 Å². The van der Waals surface area contributed by atoms with Crippen molar-refractivity contribution in [1.82, 2.24) is 20.0 Å². The van der Waals surface area contributed by atoms with Gasteiger partial charge in [0.15, 0.2) is 5.96 Å². The third-order valence-electron chi connectivity index (χ3n) is 4.35. The van der Waals surface area contributed by atoms with Crippen molar-refractivity contribution in [2.24, 2.45) is 12.0 Å². The van der Waals surface area contributed by atoms with Gasteiger partial charge in [0.1, 0.15) is 11.9 Å². The van der Waals surface area contributed by atoms with Crippen molar-refractivity contribution >= 4 is 41.7 Å². The van der Waals surface area contributed by atoms with Gasteiger partial charge in [-0.3, -0.25) is 9.67 Å². The zero-order valence-corrected chi connectivity index (χ0v) is 18.8. The number of aryl methyl sites for hydroxylation is 1. The maximum absolute atomic E-state index is 13.6. The molecule has 0 spiro atoms. The number of thioether (sulfide) groups is 1. The number of aliphatic imine (C=N–C) groups is 1. The summed E-state index contributed by atoms with van der Waals surface area (Å²) < 4.78 is 21.2. The molecule has 27 heavy (non-hydrogen) atoms. The van der Waals surface area contributed by atoms with Gasteiger partial charge >= 0.3 is 0 Å².